The zero-order chi connectivity index (χ0) is 15.5. The van der Waals surface area contributed by atoms with Crippen molar-refractivity contribution < 1.29 is 17.9 Å². The van der Waals surface area contributed by atoms with E-state index in [4.69, 9.17) is 10.5 Å². The molecule has 1 heterocycles. The lowest BCUT2D eigenvalue weighted by atomic mass is 10.2. The van der Waals surface area contributed by atoms with Crippen LogP contribution in [0.5, 0.6) is 5.75 Å². The molecule has 1 aromatic heterocycles. The second-order valence-electron chi connectivity index (χ2n) is 4.34. The highest BCUT2D eigenvalue weighted by Gasteiger charge is 2.32. The fraction of sp³-hybridized carbons (Fsp3) is 0.214. The first-order valence-corrected chi connectivity index (χ1v) is 6.10. The smallest absolute Gasteiger partial charge is 0.433 e. The van der Waals surface area contributed by atoms with E-state index in [1.807, 2.05) is 0 Å². The molecule has 2 rings (SSSR count). The summed E-state index contributed by atoms with van der Waals surface area (Å²) in [7, 11) is 1.51. The van der Waals surface area contributed by atoms with Gasteiger partial charge in [0.1, 0.15) is 17.3 Å². The lowest BCUT2D eigenvalue weighted by Crippen LogP contribution is -2.10. The average molecular weight is 297 g/mol. The monoisotopic (exact) mass is 297 g/mol. The Kier molecular flexibility index (Phi) is 4.21. The van der Waals surface area contributed by atoms with E-state index in [9.17, 15) is 13.2 Å². The zero-order valence-electron chi connectivity index (χ0n) is 11.2. The molecule has 0 aliphatic rings. The normalized spacial score (nSPS) is 11.2. The van der Waals surface area contributed by atoms with Crippen molar-refractivity contribution in [2.75, 3.05) is 18.2 Å². The molecule has 0 saturated heterocycles. The summed E-state index contributed by atoms with van der Waals surface area (Å²) in [5.74, 6) is 0.704. The number of alkyl halides is 3. The predicted octanol–water partition coefficient (Wildman–Crippen LogP) is 3.30. The van der Waals surface area contributed by atoms with Gasteiger partial charge in [0.25, 0.3) is 0 Å². The van der Waals surface area contributed by atoms with Crippen molar-refractivity contribution in [3.05, 3.63) is 47.7 Å². The maximum absolute atomic E-state index is 12.5. The molecule has 1 aromatic carbocycles. The number of nitrogens with one attached hydrogen (secondary N) is 1. The summed E-state index contributed by atoms with van der Waals surface area (Å²) in [4.78, 5) is 3.52. The Bertz CT molecular complexity index is 629. The summed E-state index contributed by atoms with van der Waals surface area (Å²) in [6, 6.07) is 8.88. The van der Waals surface area contributed by atoms with Gasteiger partial charge in [-0.05, 0) is 29.8 Å². The van der Waals surface area contributed by atoms with E-state index in [0.717, 1.165) is 11.6 Å². The van der Waals surface area contributed by atoms with Gasteiger partial charge in [0.2, 0.25) is 0 Å². The standard InChI is InChI=1S/C14H14F3N3O/c1-21-11-6-5-9(7-10(11)18)8-19-13-4-2-3-12(20-13)14(15,16)17/h2-7H,8,18H2,1H3,(H,19,20). The number of methoxy groups -OCH3 is 1. The van der Waals surface area contributed by atoms with E-state index in [1.54, 1.807) is 18.2 Å². The average Bonchev–Trinajstić information content (AvgIpc) is 2.45. The molecule has 4 nitrogen and oxygen atoms in total. The zero-order valence-corrected chi connectivity index (χ0v) is 11.2. The lowest BCUT2D eigenvalue weighted by molar-refractivity contribution is -0.141. The van der Waals surface area contributed by atoms with Crippen LogP contribution in [0.15, 0.2) is 36.4 Å². The third kappa shape index (κ3) is 3.77. The Morgan fingerprint density at radius 2 is 2.00 bits per heavy atom. The molecular weight excluding hydrogens is 283 g/mol. The Labute approximate surface area is 119 Å². The third-order valence-corrected chi connectivity index (χ3v) is 2.81. The largest absolute Gasteiger partial charge is 0.495 e. The summed E-state index contributed by atoms with van der Waals surface area (Å²) in [5.41, 5.74) is 6.11. The van der Waals surface area contributed by atoms with E-state index in [0.29, 0.717) is 18.0 Å². The molecule has 0 aliphatic carbocycles. The number of pyridine rings is 1. The number of ether oxygens (including phenoxy) is 1. The first kappa shape index (κ1) is 15.0. The van der Waals surface area contributed by atoms with Crippen LogP contribution >= 0.6 is 0 Å². The molecule has 0 radical (unpaired) electrons. The van der Waals surface area contributed by atoms with Crippen molar-refractivity contribution in [3.63, 3.8) is 0 Å². The third-order valence-electron chi connectivity index (χ3n) is 2.81. The van der Waals surface area contributed by atoms with Crippen LogP contribution in [0.25, 0.3) is 0 Å². The molecule has 2 aromatic rings. The fourth-order valence-corrected chi connectivity index (χ4v) is 1.78. The number of hydrogen-bond donors (Lipinski definition) is 2. The molecule has 0 saturated carbocycles. The lowest BCUT2D eigenvalue weighted by Gasteiger charge is -2.11. The summed E-state index contributed by atoms with van der Waals surface area (Å²) in [6.45, 7) is 0.308. The number of aromatic nitrogens is 1. The molecule has 3 N–H and O–H groups in total. The Morgan fingerprint density at radius 3 is 2.62 bits per heavy atom. The van der Waals surface area contributed by atoms with E-state index in [1.165, 1.54) is 19.2 Å². The van der Waals surface area contributed by atoms with E-state index in [2.05, 4.69) is 10.3 Å². The van der Waals surface area contributed by atoms with Crippen LogP contribution in [0.4, 0.5) is 24.7 Å². The maximum atomic E-state index is 12.5. The van der Waals surface area contributed by atoms with Crippen molar-refractivity contribution in [3.8, 4) is 5.75 Å². The van der Waals surface area contributed by atoms with Crippen molar-refractivity contribution in [2.45, 2.75) is 12.7 Å². The van der Waals surface area contributed by atoms with Crippen LogP contribution in [0.3, 0.4) is 0 Å². The van der Waals surface area contributed by atoms with Gasteiger partial charge in [0.15, 0.2) is 0 Å². The van der Waals surface area contributed by atoms with Gasteiger partial charge in [0.05, 0.1) is 12.8 Å². The number of nitrogen functional groups attached to an aromatic ring is 1. The van der Waals surface area contributed by atoms with Gasteiger partial charge in [0, 0.05) is 6.54 Å². The topological polar surface area (TPSA) is 60.2 Å². The van der Waals surface area contributed by atoms with Crippen LogP contribution in [0, 0.1) is 0 Å². The highest BCUT2D eigenvalue weighted by molar-refractivity contribution is 5.54. The van der Waals surface area contributed by atoms with Gasteiger partial charge < -0.3 is 15.8 Å². The molecule has 0 atom stereocenters. The minimum absolute atomic E-state index is 0.152. The first-order valence-electron chi connectivity index (χ1n) is 6.10. The van der Waals surface area contributed by atoms with Gasteiger partial charge >= 0.3 is 6.18 Å². The summed E-state index contributed by atoms with van der Waals surface area (Å²) in [5, 5.41) is 2.83. The Balaban J connectivity index is 2.08. The van der Waals surface area contributed by atoms with Gasteiger partial charge in [-0.25, -0.2) is 4.98 Å². The molecule has 21 heavy (non-hydrogen) atoms. The molecule has 0 amide bonds. The fourth-order valence-electron chi connectivity index (χ4n) is 1.78. The summed E-state index contributed by atoms with van der Waals surface area (Å²) in [6.07, 6.45) is -4.46. The van der Waals surface area contributed by atoms with Crippen molar-refractivity contribution >= 4 is 11.5 Å². The van der Waals surface area contributed by atoms with Crippen LogP contribution in [-0.4, -0.2) is 12.1 Å². The predicted molar refractivity (Wildman–Crippen MR) is 74.0 cm³/mol. The molecule has 7 heteroatoms. The number of benzene rings is 1. The van der Waals surface area contributed by atoms with E-state index < -0.39 is 11.9 Å². The second-order valence-corrected chi connectivity index (χ2v) is 4.34. The number of nitrogens with zero attached hydrogens (tertiary/aromatic N) is 1. The highest BCUT2D eigenvalue weighted by Crippen LogP contribution is 2.28. The number of halogens is 3. The molecule has 0 bridgehead atoms. The molecule has 0 unspecified atom stereocenters. The van der Waals surface area contributed by atoms with E-state index in [-0.39, 0.29) is 5.82 Å². The molecule has 0 aliphatic heterocycles. The summed E-state index contributed by atoms with van der Waals surface area (Å²) < 4.78 is 42.7. The molecule has 0 fully saturated rings. The Morgan fingerprint density at radius 1 is 1.24 bits per heavy atom. The second kappa shape index (κ2) is 5.90. The van der Waals surface area contributed by atoms with Crippen LogP contribution < -0.4 is 15.8 Å². The van der Waals surface area contributed by atoms with Crippen molar-refractivity contribution in [1.82, 2.24) is 4.98 Å². The van der Waals surface area contributed by atoms with Crippen molar-refractivity contribution in [1.29, 1.82) is 0 Å². The van der Waals surface area contributed by atoms with Gasteiger partial charge in [-0.3, -0.25) is 0 Å². The Hall–Kier alpha value is -2.44. The van der Waals surface area contributed by atoms with Crippen LogP contribution in [0.2, 0.25) is 0 Å². The highest BCUT2D eigenvalue weighted by atomic mass is 19.4. The van der Waals surface area contributed by atoms with Crippen molar-refractivity contribution in [2.24, 2.45) is 0 Å². The summed E-state index contributed by atoms with van der Waals surface area (Å²) >= 11 is 0. The number of nitrogens with two attached hydrogens (primary N) is 1. The van der Waals surface area contributed by atoms with E-state index >= 15 is 0 Å². The quantitative estimate of drug-likeness (QED) is 0.850. The van der Waals surface area contributed by atoms with Gasteiger partial charge in [-0.1, -0.05) is 12.1 Å². The van der Waals surface area contributed by atoms with Gasteiger partial charge in [-0.15, -0.1) is 0 Å². The molecule has 112 valence electrons. The minimum atomic E-state index is -4.46. The van der Waals surface area contributed by atoms with Gasteiger partial charge in [-0.2, -0.15) is 13.2 Å². The first-order chi connectivity index (χ1) is 9.90. The molecule has 0 spiro atoms. The molecular formula is C14H14F3N3O. The number of rotatable bonds is 4. The SMILES string of the molecule is COc1ccc(CNc2cccc(C(F)(F)F)n2)cc1N. The number of anilines is 2. The van der Waals surface area contributed by atoms with Crippen LogP contribution in [-0.2, 0) is 12.7 Å². The minimum Gasteiger partial charge on any atom is -0.495 e. The number of hydrogen-bond acceptors (Lipinski definition) is 4. The van der Waals surface area contributed by atoms with Crippen LogP contribution in [0.1, 0.15) is 11.3 Å². The maximum Gasteiger partial charge on any atom is 0.433 e.